The number of amides is 1. The largest absolute Gasteiger partial charge is 0.323 e. The topological polar surface area (TPSA) is 32.3 Å². The van der Waals surface area contributed by atoms with Gasteiger partial charge >= 0.3 is 0 Å². The molecule has 2 aliphatic rings. The molecule has 3 nitrogen and oxygen atoms in total. The normalized spacial score (nSPS) is 32.4. The molecule has 0 aromatic heterocycles. The van der Waals surface area contributed by atoms with Gasteiger partial charge in [-0.3, -0.25) is 10.1 Å². The lowest BCUT2D eigenvalue weighted by Crippen LogP contribution is -2.46. The van der Waals surface area contributed by atoms with Gasteiger partial charge in [-0.15, -0.1) is 0 Å². The summed E-state index contributed by atoms with van der Waals surface area (Å²) in [6, 6.07) is 0.425. The molecule has 1 heterocycles. The van der Waals surface area contributed by atoms with E-state index in [9.17, 15) is 4.79 Å². The molecule has 0 bridgehead atoms. The molecule has 1 N–H and O–H groups in total. The number of hydrogen-bond acceptors (Lipinski definition) is 2. The van der Waals surface area contributed by atoms with Crippen LogP contribution >= 0.6 is 0 Å². The van der Waals surface area contributed by atoms with Crippen LogP contribution in [0.5, 0.6) is 0 Å². The Kier molecular flexibility index (Phi) is 4.08. The Labute approximate surface area is 105 Å². The summed E-state index contributed by atoms with van der Waals surface area (Å²) in [6.45, 7) is 6.43. The van der Waals surface area contributed by atoms with E-state index in [1.807, 2.05) is 6.92 Å². The van der Waals surface area contributed by atoms with Gasteiger partial charge in [0.05, 0.1) is 12.2 Å². The van der Waals surface area contributed by atoms with Gasteiger partial charge in [0.2, 0.25) is 5.91 Å². The Morgan fingerprint density at radius 1 is 1.41 bits per heavy atom. The highest BCUT2D eigenvalue weighted by Crippen LogP contribution is 2.32. The van der Waals surface area contributed by atoms with E-state index in [0.29, 0.717) is 11.9 Å². The molecule has 1 aliphatic heterocycles. The highest BCUT2D eigenvalue weighted by atomic mass is 16.2. The molecule has 2 fully saturated rings. The Hall–Kier alpha value is -0.570. The first-order chi connectivity index (χ1) is 8.15. The van der Waals surface area contributed by atoms with Crippen LogP contribution in [0.4, 0.5) is 0 Å². The zero-order chi connectivity index (χ0) is 12.4. The Morgan fingerprint density at radius 2 is 2.06 bits per heavy atom. The fourth-order valence-corrected chi connectivity index (χ4v) is 3.46. The summed E-state index contributed by atoms with van der Waals surface area (Å²) >= 11 is 0. The molecule has 0 spiro atoms. The fraction of sp³-hybridized carbons (Fsp3) is 0.929. The van der Waals surface area contributed by atoms with Gasteiger partial charge in [-0.25, -0.2) is 0 Å². The molecule has 1 aliphatic carbocycles. The summed E-state index contributed by atoms with van der Waals surface area (Å²) in [6.07, 6.45) is 7.78. The monoisotopic (exact) mass is 238 g/mol. The lowest BCUT2D eigenvalue weighted by atomic mass is 9.97. The Morgan fingerprint density at radius 3 is 2.65 bits per heavy atom. The van der Waals surface area contributed by atoms with E-state index in [4.69, 9.17) is 0 Å². The molecule has 1 saturated heterocycles. The van der Waals surface area contributed by atoms with Gasteiger partial charge in [-0.05, 0) is 39.0 Å². The third-order valence-electron chi connectivity index (χ3n) is 4.49. The molecule has 0 aromatic carbocycles. The van der Waals surface area contributed by atoms with Crippen molar-refractivity contribution < 1.29 is 4.79 Å². The molecule has 3 atom stereocenters. The van der Waals surface area contributed by atoms with Crippen LogP contribution in [0.15, 0.2) is 0 Å². The summed E-state index contributed by atoms with van der Waals surface area (Å²) in [5.74, 6) is 1.04. The second kappa shape index (κ2) is 5.38. The Bertz CT molecular complexity index is 273. The SMILES string of the molecule is CCCC1NC(C)C(=O)N1C(C)C1CCCC1. The van der Waals surface area contributed by atoms with Gasteiger partial charge in [-0.1, -0.05) is 26.2 Å². The molecule has 1 saturated carbocycles. The molecule has 0 radical (unpaired) electrons. The van der Waals surface area contributed by atoms with Crippen LogP contribution < -0.4 is 5.32 Å². The van der Waals surface area contributed by atoms with Crippen molar-refractivity contribution in [2.45, 2.75) is 77.5 Å². The van der Waals surface area contributed by atoms with Gasteiger partial charge in [0.1, 0.15) is 0 Å². The summed E-state index contributed by atoms with van der Waals surface area (Å²) in [5, 5.41) is 3.44. The third kappa shape index (κ3) is 2.49. The van der Waals surface area contributed by atoms with Crippen molar-refractivity contribution in [2.24, 2.45) is 5.92 Å². The number of carbonyl (C=O) groups is 1. The molecule has 98 valence electrons. The summed E-state index contributed by atoms with van der Waals surface area (Å²) in [4.78, 5) is 14.4. The predicted molar refractivity (Wildman–Crippen MR) is 69.6 cm³/mol. The fourth-order valence-electron chi connectivity index (χ4n) is 3.46. The first-order valence-electron chi connectivity index (χ1n) is 7.23. The van der Waals surface area contributed by atoms with Crippen molar-refractivity contribution >= 4 is 5.91 Å². The zero-order valence-corrected chi connectivity index (χ0v) is 11.4. The van der Waals surface area contributed by atoms with Crippen LogP contribution in [0.3, 0.4) is 0 Å². The van der Waals surface area contributed by atoms with Crippen LogP contribution in [0.25, 0.3) is 0 Å². The number of rotatable bonds is 4. The van der Waals surface area contributed by atoms with Crippen molar-refractivity contribution in [1.29, 1.82) is 0 Å². The van der Waals surface area contributed by atoms with Crippen LogP contribution in [0, 0.1) is 5.92 Å². The van der Waals surface area contributed by atoms with E-state index >= 15 is 0 Å². The first kappa shape index (κ1) is 12.9. The molecule has 0 aromatic rings. The first-order valence-corrected chi connectivity index (χ1v) is 7.23. The molecule has 3 heteroatoms. The number of carbonyl (C=O) groups excluding carboxylic acids is 1. The van der Waals surface area contributed by atoms with Crippen LogP contribution in [-0.2, 0) is 4.79 Å². The number of nitrogens with zero attached hydrogens (tertiary/aromatic N) is 1. The lowest BCUT2D eigenvalue weighted by molar-refractivity contribution is -0.132. The van der Waals surface area contributed by atoms with E-state index in [0.717, 1.165) is 18.8 Å². The summed E-state index contributed by atoms with van der Waals surface area (Å²) in [5.41, 5.74) is 0. The highest BCUT2D eigenvalue weighted by Gasteiger charge is 2.40. The third-order valence-corrected chi connectivity index (χ3v) is 4.49. The van der Waals surface area contributed by atoms with Gasteiger partial charge in [0.25, 0.3) is 0 Å². The van der Waals surface area contributed by atoms with Gasteiger partial charge in [0.15, 0.2) is 0 Å². The van der Waals surface area contributed by atoms with Crippen LogP contribution in [-0.4, -0.2) is 29.1 Å². The minimum atomic E-state index is 0.00963. The average molecular weight is 238 g/mol. The second-order valence-electron chi connectivity index (χ2n) is 5.72. The molecular formula is C14H26N2O. The molecule has 2 rings (SSSR count). The standard InChI is InChI=1S/C14H26N2O/c1-4-7-13-15-10(2)14(17)16(13)11(3)12-8-5-6-9-12/h10-13,15H,4-9H2,1-3H3. The van der Waals surface area contributed by atoms with Gasteiger partial charge in [-0.2, -0.15) is 0 Å². The maximum absolute atomic E-state index is 12.3. The van der Waals surface area contributed by atoms with E-state index in [-0.39, 0.29) is 12.2 Å². The molecular weight excluding hydrogens is 212 g/mol. The van der Waals surface area contributed by atoms with Crippen LogP contribution in [0.1, 0.15) is 59.3 Å². The van der Waals surface area contributed by atoms with Gasteiger partial charge < -0.3 is 4.90 Å². The average Bonchev–Trinajstić information content (AvgIpc) is 2.89. The van der Waals surface area contributed by atoms with Crippen LogP contribution in [0.2, 0.25) is 0 Å². The van der Waals surface area contributed by atoms with Crippen molar-refractivity contribution in [3.8, 4) is 0 Å². The number of nitrogens with one attached hydrogen (secondary N) is 1. The summed E-state index contributed by atoms with van der Waals surface area (Å²) in [7, 11) is 0. The zero-order valence-electron chi connectivity index (χ0n) is 11.4. The second-order valence-corrected chi connectivity index (χ2v) is 5.72. The predicted octanol–water partition coefficient (Wildman–Crippen LogP) is 2.51. The lowest BCUT2D eigenvalue weighted by Gasteiger charge is -2.34. The van der Waals surface area contributed by atoms with Crippen molar-refractivity contribution in [3.63, 3.8) is 0 Å². The quantitative estimate of drug-likeness (QED) is 0.816. The van der Waals surface area contributed by atoms with E-state index in [1.54, 1.807) is 0 Å². The van der Waals surface area contributed by atoms with Crippen molar-refractivity contribution in [2.75, 3.05) is 0 Å². The summed E-state index contributed by atoms with van der Waals surface area (Å²) < 4.78 is 0. The highest BCUT2D eigenvalue weighted by molar-refractivity contribution is 5.84. The maximum Gasteiger partial charge on any atom is 0.240 e. The minimum absolute atomic E-state index is 0.00963. The van der Waals surface area contributed by atoms with E-state index in [1.165, 1.54) is 25.7 Å². The number of hydrogen-bond donors (Lipinski definition) is 1. The molecule has 17 heavy (non-hydrogen) atoms. The maximum atomic E-state index is 12.3. The molecule has 3 unspecified atom stereocenters. The van der Waals surface area contributed by atoms with E-state index in [2.05, 4.69) is 24.1 Å². The van der Waals surface area contributed by atoms with E-state index < -0.39 is 0 Å². The minimum Gasteiger partial charge on any atom is -0.323 e. The molecule has 1 amide bonds. The van der Waals surface area contributed by atoms with Crippen molar-refractivity contribution in [1.82, 2.24) is 10.2 Å². The Balaban J connectivity index is 2.06. The van der Waals surface area contributed by atoms with Crippen molar-refractivity contribution in [3.05, 3.63) is 0 Å². The van der Waals surface area contributed by atoms with Gasteiger partial charge in [0, 0.05) is 6.04 Å². The smallest absolute Gasteiger partial charge is 0.240 e.